The van der Waals surface area contributed by atoms with Crippen molar-refractivity contribution in [1.29, 1.82) is 0 Å². The number of nitrogens with zero attached hydrogens (tertiary/aromatic N) is 3. The predicted molar refractivity (Wildman–Crippen MR) is 79.5 cm³/mol. The molecule has 108 valence electrons. The molecule has 0 aliphatic carbocycles. The Morgan fingerprint density at radius 2 is 2.15 bits per heavy atom. The van der Waals surface area contributed by atoms with Crippen molar-refractivity contribution in [3.63, 3.8) is 0 Å². The van der Waals surface area contributed by atoms with E-state index in [2.05, 4.69) is 34.1 Å². The van der Waals surface area contributed by atoms with Crippen LogP contribution in [0.1, 0.15) is 36.7 Å². The minimum absolute atomic E-state index is 0.269. The third-order valence-electron chi connectivity index (χ3n) is 3.31. The molecular formula is C14H21N5O. The van der Waals surface area contributed by atoms with Crippen LogP contribution in [-0.2, 0) is 6.54 Å². The molecule has 6 nitrogen and oxygen atoms in total. The molecule has 0 aliphatic rings. The molecule has 0 atom stereocenters. The highest BCUT2D eigenvalue weighted by molar-refractivity contribution is 5.59. The molecule has 0 unspecified atom stereocenters. The Kier molecular flexibility index (Phi) is 4.24. The van der Waals surface area contributed by atoms with E-state index in [1.807, 2.05) is 20.0 Å². The fraction of sp³-hybridized carbons (Fsp3) is 0.429. The van der Waals surface area contributed by atoms with Crippen LogP contribution in [-0.4, -0.2) is 17.0 Å². The molecule has 0 fully saturated rings. The van der Waals surface area contributed by atoms with Crippen molar-refractivity contribution in [2.75, 3.05) is 17.4 Å². The van der Waals surface area contributed by atoms with E-state index in [1.54, 1.807) is 6.26 Å². The fourth-order valence-corrected chi connectivity index (χ4v) is 2.24. The summed E-state index contributed by atoms with van der Waals surface area (Å²) in [7, 11) is 2.00. The lowest BCUT2D eigenvalue weighted by molar-refractivity contribution is 0.529. The van der Waals surface area contributed by atoms with Gasteiger partial charge in [-0.3, -0.25) is 0 Å². The Labute approximate surface area is 119 Å². The molecule has 0 aliphatic heterocycles. The maximum Gasteiger partial charge on any atom is 0.148 e. The zero-order valence-electron chi connectivity index (χ0n) is 12.3. The number of anilines is 2. The number of hydrogen-bond acceptors (Lipinski definition) is 6. The zero-order valence-corrected chi connectivity index (χ0v) is 12.3. The molecule has 3 N–H and O–H groups in total. The van der Waals surface area contributed by atoms with E-state index >= 15 is 0 Å². The average molecular weight is 275 g/mol. The maximum absolute atomic E-state index is 5.54. The van der Waals surface area contributed by atoms with Gasteiger partial charge in [0.1, 0.15) is 23.7 Å². The molecule has 2 rings (SSSR count). The SMILES string of the molecule is Cc1occc1CN(C)c1ncnc(NN)c1C(C)C. The largest absolute Gasteiger partial charge is 0.469 e. The van der Waals surface area contributed by atoms with Crippen molar-refractivity contribution in [1.82, 2.24) is 9.97 Å². The van der Waals surface area contributed by atoms with Crippen molar-refractivity contribution in [2.45, 2.75) is 33.2 Å². The van der Waals surface area contributed by atoms with E-state index in [4.69, 9.17) is 10.3 Å². The van der Waals surface area contributed by atoms with Gasteiger partial charge >= 0.3 is 0 Å². The number of hydrogen-bond donors (Lipinski definition) is 2. The molecule has 6 heteroatoms. The first-order valence-corrected chi connectivity index (χ1v) is 6.60. The molecule has 0 spiro atoms. The van der Waals surface area contributed by atoms with E-state index in [9.17, 15) is 0 Å². The molecule has 20 heavy (non-hydrogen) atoms. The summed E-state index contributed by atoms with van der Waals surface area (Å²) in [6.45, 7) is 6.88. The van der Waals surface area contributed by atoms with Crippen LogP contribution in [0.5, 0.6) is 0 Å². The lowest BCUT2D eigenvalue weighted by atomic mass is 10.0. The summed E-state index contributed by atoms with van der Waals surface area (Å²) in [4.78, 5) is 10.7. The van der Waals surface area contributed by atoms with E-state index in [0.717, 1.165) is 29.2 Å². The standard InChI is InChI=1S/C14H21N5O/c1-9(2)12-13(18-15)16-8-17-14(12)19(4)7-11-5-6-20-10(11)3/h5-6,8-9H,7,15H2,1-4H3,(H,16,17,18). The third-order valence-corrected chi connectivity index (χ3v) is 3.31. The first-order valence-electron chi connectivity index (χ1n) is 6.60. The highest BCUT2D eigenvalue weighted by Gasteiger charge is 2.18. The van der Waals surface area contributed by atoms with Crippen molar-refractivity contribution >= 4 is 11.6 Å². The summed E-state index contributed by atoms with van der Waals surface area (Å²) < 4.78 is 5.33. The van der Waals surface area contributed by atoms with Gasteiger partial charge < -0.3 is 14.7 Å². The summed E-state index contributed by atoms with van der Waals surface area (Å²) >= 11 is 0. The summed E-state index contributed by atoms with van der Waals surface area (Å²) in [5.41, 5.74) is 4.80. The molecule has 2 aromatic rings. The minimum atomic E-state index is 0.269. The van der Waals surface area contributed by atoms with E-state index in [1.165, 1.54) is 6.33 Å². The maximum atomic E-state index is 5.54. The average Bonchev–Trinajstić information content (AvgIpc) is 2.83. The lowest BCUT2D eigenvalue weighted by Gasteiger charge is -2.23. The van der Waals surface area contributed by atoms with Gasteiger partial charge in [0.2, 0.25) is 0 Å². The number of aryl methyl sites for hydroxylation is 1. The predicted octanol–water partition coefficient (Wildman–Crippen LogP) is 2.42. The van der Waals surface area contributed by atoms with Crippen LogP contribution in [0.15, 0.2) is 23.1 Å². The number of nitrogens with two attached hydrogens (primary N) is 1. The monoisotopic (exact) mass is 275 g/mol. The molecule has 2 aromatic heterocycles. The van der Waals surface area contributed by atoms with Gasteiger partial charge in [0.05, 0.1) is 6.26 Å². The Bertz CT molecular complexity index is 579. The first-order chi connectivity index (χ1) is 9.54. The highest BCUT2D eigenvalue weighted by atomic mass is 16.3. The molecular weight excluding hydrogens is 254 g/mol. The Balaban J connectivity index is 2.34. The second-order valence-electron chi connectivity index (χ2n) is 5.12. The Hall–Kier alpha value is -2.08. The smallest absolute Gasteiger partial charge is 0.148 e. The molecule has 0 saturated carbocycles. The molecule has 0 radical (unpaired) electrons. The molecule has 0 aromatic carbocycles. The van der Waals surface area contributed by atoms with Crippen molar-refractivity contribution in [3.05, 3.63) is 35.5 Å². The second-order valence-corrected chi connectivity index (χ2v) is 5.12. The fourth-order valence-electron chi connectivity index (χ4n) is 2.24. The quantitative estimate of drug-likeness (QED) is 0.644. The molecule has 0 saturated heterocycles. The number of aromatic nitrogens is 2. The van der Waals surface area contributed by atoms with Crippen LogP contribution >= 0.6 is 0 Å². The molecule has 0 amide bonds. The van der Waals surface area contributed by atoms with Crippen LogP contribution in [0.25, 0.3) is 0 Å². The molecule has 2 heterocycles. The Morgan fingerprint density at radius 3 is 2.70 bits per heavy atom. The van der Waals surface area contributed by atoms with Gasteiger partial charge in [0.15, 0.2) is 0 Å². The van der Waals surface area contributed by atoms with E-state index in [0.29, 0.717) is 5.82 Å². The third kappa shape index (κ3) is 2.75. The van der Waals surface area contributed by atoms with Gasteiger partial charge in [0.25, 0.3) is 0 Å². The van der Waals surface area contributed by atoms with E-state index < -0.39 is 0 Å². The zero-order chi connectivity index (χ0) is 14.7. The van der Waals surface area contributed by atoms with Crippen molar-refractivity contribution in [3.8, 4) is 0 Å². The van der Waals surface area contributed by atoms with Gasteiger partial charge in [-0.05, 0) is 18.9 Å². The van der Waals surface area contributed by atoms with Crippen LogP contribution < -0.4 is 16.2 Å². The van der Waals surface area contributed by atoms with Crippen LogP contribution in [0, 0.1) is 6.92 Å². The topological polar surface area (TPSA) is 80.2 Å². The number of rotatable bonds is 5. The summed E-state index contributed by atoms with van der Waals surface area (Å²) in [5.74, 6) is 8.28. The minimum Gasteiger partial charge on any atom is -0.469 e. The van der Waals surface area contributed by atoms with Crippen LogP contribution in [0.2, 0.25) is 0 Å². The highest BCUT2D eigenvalue weighted by Crippen LogP contribution is 2.30. The number of nitrogen functional groups attached to an aromatic ring is 1. The van der Waals surface area contributed by atoms with Gasteiger partial charge in [-0.1, -0.05) is 13.8 Å². The summed E-state index contributed by atoms with van der Waals surface area (Å²) in [5, 5.41) is 0. The first kappa shape index (κ1) is 14.3. The lowest BCUT2D eigenvalue weighted by Crippen LogP contribution is -2.22. The normalized spacial score (nSPS) is 10.9. The summed E-state index contributed by atoms with van der Waals surface area (Å²) in [6.07, 6.45) is 3.23. The number of hydrazine groups is 1. The van der Waals surface area contributed by atoms with Crippen molar-refractivity contribution in [2.24, 2.45) is 5.84 Å². The van der Waals surface area contributed by atoms with Gasteiger partial charge in [-0.2, -0.15) is 0 Å². The Morgan fingerprint density at radius 1 is 1.40 bits per heavy atom. The second kappa shape index (κ2) is 5.92. The molecule has 0 bridgehead atoms. The van der Waals surface area contributed by atoms with Crippen molar-refractivity contribution < 1.29 is 4.42 Å². The van der Waals surface area contributed by atoms with Crippen LogP contribution in [0.4, 0.5) is 11.6 Å². The number of nitrogens with one attached hydrogen (secondary N) is 1. The van der Waals surface area contributed by atoms with Gasteiger partial charge in [-0.25, -0.2) is 15.8 Å². The van der Waals surface area contributed by atoms with Gasteiger partial charge in [0, 0.05) is 24.7 Å². The van der Waals surface area contributed by atoms with Crippen LogP contribution in [0.3, 0.4) is 0 Å². The van der Waals surface area contributed by atoms with Gasteiger partial charge in [-0.15, -0.1) is 0 Å². The van der Waals surface area contributed by atoms with E-state index in [-0.39, 0.29) is 5.92 Å². The summed E-state index contributed by atoms with van der Waals surface area (Å²) in [6, 6.07) is 1.98. The number of furan rings is 1.